The molecule has 2 aromatic rings. The normalized spacial score (nSPS) is 10.5. The van der Waals surface area contributed by atoms with Crippen molar-refractivity contribution in [3.63, 3.8) is 0 Å². The number of carbonyl (C=O) groups excluding carboxylic acids is 1. The second kappa shape index (κ2) is 7.26. The fourth-order valence-corrected chi connectivity index (χ4v) is 2.26. The number of rotatable bonds is 6. The average molecular weight is 336 g/mol. The zero-order valence-corrected chi connectivity index (χ0v) is 13.0. The SMILES string of the molecule is CCNCc1ccn(CC(=O)Nc2ccccc2Br)c1. The van der Waals surface area contributed by atoms with E-state index in [9.17, 15) is 4.79 Å². The van der Waals surface area contributed by atoms with Gasteiger partial charge < -0.3 is 15.2 Å². The summed E-state index contributed by atoms with van der Waals surface area (Å²) in [6, 6.07) is 9.60. The number of carbonyl (C=O) groups is 1. The van der Waals surface area contributed by atoms with Crippen LogP contribution in [0.25, 0.3) is 0 Å². The van der Waals surface area contributed by atoms with Crippen LogP contribution in [0.15, 0.2) is 47.2 Å². The van der Waals surface area contributed by atoms with Gasteiger partial charge in [0.05, 0.1) is 5.69 Å². The first-order valence-electron chi connectivity index (χ1n) is 6.59. The van der Waals surface area contributed by atoms with Crippen LogP contribution in [0.2, 0.25) is 0 Å². The third-order valence-corrected chi connectivity index (χ3v) is 3.56. The van der Waals surface area contributed by atoms with Crippen LogP contribution in [0.4, 0.5) is 5.69 Å². The van der Waals surface area contributed by atoms with Crippen LogP contribution in [0.5, 0.6) is 0 Å². The molecule has 1 heterocycles. The predicted molar refractivity (Wildman–Crippen MR) is 84.6 cm³/mol. The molecule has 4 nitrogen and oxygen atoms in total. The molecule has 0 aliphatic heterocycles. The lowest BCUT2D eigenvalue weighted by Gasteiger charge is -2.07. The van der Waals surface area contributed by atoms with Crippen LogP contribution in [-0.2, 0) is 17.9 Å². The lowest BCUT2D eigenvalue weighted by atomic mass is 10.3. The molecule has 20 heavy (non-hydrogen) atoms. The first-order chi connectivity index (χ1) is 9.69. The van der Waals surface area contributed by atoms with Crippen LogP contribution in [0.3, 0.4) is 0 Å². The number of hydrogen-bond acceptors (Lipinski definition) is 2. The number of aromatic nitrogens is 1. The number of hydrogen-bond donors (Lipinski definition) is 2. The molecule has 1 aromatic carbocycles. The van der Waals surface area contributed by atoms with Gasteiger partial charge in [0.1, 0.15) is 6.54 Å². The summed E-state index contributed by atoms with van der Waals surface area (Å²) >= 11 is 3.41. The molecular formula is C15H18BrN3O. The first-order valence-corrected chi connectivity index (χ1v) is 7.38. The Morgan fingerprint density at radius 1 is 1.30 bits per heavy atom. The molecular weight excluding hydrogens is 318 g/mol. The number of anilines is 1. The quantitative estimate of drug-likeness (QED) is 0.852. The van der Waals surface area contributed by atoms with Gasteiger partial charge in [0.15, 0.2) is 0 Å². The van der Waals surface area contributed by atoms with Gasteiger partial charge in [0.25, 0.3) is 0 Å². The third-order valence-electron chi connectivity index (χ3n) is 2.86. The number of benzene rings is 1. The average Bonchev–Trinajstić information content (AvgIpc) is 2.86. The highest BCUT2D eigenvalue weighted by atomic mass is 79.9. The minimum absolute atomic E-state index is 0.0394. The number of amides is 1. The molecule has 0 saturated heterocycles. The van der Waals surface area contributed by atoms with Gasteiger partial charge in [-0.05, 0) is 46.2 Å². The van der Waals surface area contributed by atoms with Crippen LogP contribution >= 0.6 is 15.9 Å². The number of nitrogens with one attached hydrogen (secondary N) is 2. The van der Waals surface area contributed by atoms with E-state index >= 15 is 0 Å². The smallest absolute Gasteiger partial charge is 0.244 e. The first kappa shape index (κ1) is 14.8. The van der Waals surface area contributed by atoms with Crippen LogP contribution in [0, 0.1) is 0 Å². The summed E-state index contributed by atoms with van der Waals surface area (Å²) in [4.78, 5) is 12.0. The molecule has 5 heteroatoms. The standard InChI is InChI=1S/C15H18BrN3O/c1-2-17-9-12-7-8-19(10-12)11-15(20)18-14-6-4-3-5-13(14)16/h3-8,10,17H,2,9,11H2,1H3,(H,18,20). The lowest BCUT2D eigenvalue weighted by molar-refractivity contribution is -0.116. The van der Waals surface area contributed by atoms with Crippen molar-refractivity contribution in [2.75, 3.05) is 11.9 Å². The summed E-state index contributed by atoms with van der Waals surface area (Å²) < 4.78 is 2.77. The number of nitrogens with zero attached hydrogens (tertiary/aromatic N) is 1. The van der Waals surface area contributed by atoms with Gasteiger partial charge in [-0.3, -0.25) is 4.79 Å². The topological polar surface area (TPSA) is 46.1 Å². The largest absolute Gasteiger partial charge is 0.345 e. The van der Waals surface area contributed by atoms with Crippen molar-refractivity contribution in [2.24, 2.45) is 0 Å². The van der Waals surface area contributed by atoms with Crippen molar-refractivity contribution in [3.8, 4) is 0 Å². The monoisotopic (exact) mass is 335 g/mol. The Balaban J connectivity index is 1.91. The molecule has 0 atom stereocenters. The minimum atomic E-state index is -0.0394. The molecule has 1 amide bonds. The van der Waals surface area contributed by atoms with Gasteiger partial charge in [0.2, 0.25) is 5.91 Å². The fraction of sp³-hybridized carbons (Fsp3) is 0.267. The van der Waals surface area contributed by atoms with E-state index in [-0.39, 0.29) is 5.91 Å². The Kier molecular flexibility index (Phi) is 5.38. The molecule has 2 N–H and O–H groups in total. The molecule has 0 radical (unpaired) electrons. The van der Waals surface area contributed by atoms with E-state index in [1.165, 1.54) is 5.56 Å². The molecule has 1 aromatic heterocycles. The molecule has 2 rings (SSSR count). The maximum Gasteiger partial charge on any atom is 0.244 e. The molecule has 0 spiro atoms. The maximum atomic E-state index is 12.0. The van der Waals surface area contributed by atoms with Crippen molar-refractivity contribution >= 4 is 27.5 Å². The second-order valence-electron chi connectivity index (χ2n) is 4.50. The van der Waals surface area contributed by atoms with Gasteiger partial charge in [-0.2, -0.15) is 0 Å². The van der Waals surface area contributed by atoms with Gasteiger partial charge in [-0.15, -0.1) is 0 Å². The Bertz CT molecular complexity index is 580. The summed E-state index contributed by atoms with van der Waals surface area (Å²) in [5.74, 6) is -0.0394. The van der Waals surface area contributed by atoms with Crippen LogP contribution in [-0.4, -0.2) is 17.0 Å². The van der Waals surface area contributed by atoms with E-state index in [0.717, 1.165) is 23.2 Å². The molecule has 0 aliphatic carbocycles. The maximum absolute atomic E-state index is 12.0. The minimum Gasteiger partial charge on any atom is -0.345 e. The fourth-order valence-electron chi connectivity index (χ4n) is 1.88. The number of para-hydroxylation sites is 1. The highest BCUT2D eigenvalue weighted by Crippen LogP contribution is 2.21. The Morgan fingerprint density at radius 2 is 2.10 bits per heavy atom. The summed E-state index contributed by atoms with van der Waals surface area (Å²) in [5, 5.41) is 6.15. The van der Waals surface area contributed by atoms with E-state index in [4.69, 9.17) is 0 Å². The van der Waals surface area contributed by atoms with Gasteiger partial charge >= 0.3 is 0 Å². The molecule has 0 bridgehead atoms. The van der Waals surface area contributed by atoms with E-state index in [1.54, 1.807) is 0 Å². The van der Waals surface area contributed by atoms with Crippen LogP contribution < -0.4 is 10.6 Å². The summed E-state index contributed by atoms with van der Waals surface area (Å²) in [7, 11) is 0. The highest BCUT2D eigenvalue weighted by molar-refractivity contribution is 9.10. The Labute approximate surface area is 127 Å². The molecule has 0 fully saturated rings. The summed E-state index contributed by atoms with van der Waals surface area (Å²) in [5.41, 5.74) is 1.97. The summed E-state index contributed by atoms with van der Waals surface area (Å²) in [6.07, 6.45) is 3.91. The lowest BCUT2D eigenvalue weighted by Crippen LogP contribution is -2.18. The predicted octanol–water partition coefficient (Wildman–Crippen LogP) is 3.00. The molecule has 0 saturated carbocycles. The Hall–Kier alpha value is -1.59. The zero-order chi connectivity index (χ0) is 14.4. The van der Waals surface area contributed by atoms with Crippen molar-refractivity contribution in [3.05, 3.63) is 52.8 Å². The third kappa shape index (κ3) is 4.21. The number of halogens is 1. The molecule has 0 aliphatic rings. The highest BCUT2D eigenvalue weighted by Gasteiger charge is 2.06. The van der Waals surface area contributed by atoms with Gasteiger partial charge in [-0.1, -0.05) is 19.1 Å². The van der Waals surface area contributed by atoms with Crippen molar-refractivity contribution in [2.45, 2.75) is 20.0 Å². The van der Waals surface area contributed by atoms with E-state index in [0.29, 0.717) is 6.54 Å². The summed E-state index contributed by atoms with van der Waals surface area (Å²) in [6.45, 7) is 4.15. The van der Waals surface area contributed by atoms with E-state index in [2.05, 4.69) is 33.5 Å². The van der Waals surface area contributed by atoms with E-state index < -0.39 is 0 Å². The van der Waals surface area contributed by atoms with Crippen molar-refractivity contribution < 1.29 is 4.79 Å². The molecule has 0 unspecified atom stereocenters. The zero-order valence-electron chi connectivity index (χ0n) is 11.4. The Morgan fingerprint density at radius 3 is 2.85 bits per heavy atom. The molecule has 106 valence electrons. The van der Waals surface area contributed by atoms with Gasteiger partial charge in [-0.25, -0.2) is 0 Å². The van der Waals surface area contributed by atoms with Crippen molar-refractivity contribution in [1.29, 1.82) is 0 Å². The van der Waals surface area contributed by atoms with Crippen molar-refractivity contribution in [1.82, 2.24) is 9.88 Å². The van der Waals surface area contributed by atoms with Gasteiger partial charge in [0, 0.05) is 23.4 Å². The second-order valence-corrected chi connectivity index (χ2v) is 5.35. The van der Waals surface area contributed by atoms with Crippen LogP contribution in [0.1, 0.15) is 12.5 Å². The van der Waals surface area contributed by atoms with E-state index in [1.807, 2.05) is 47.3 Å².